The molecule has 0 aliphatic rings. The first-order valence-electron chi connectivity index (χ1n) is 6.31. The molecule has 0 amide bonds. The third kappa shape index (κ3) is 4.06. The molecule has 0 saturated carbocycles. The van der Waals surface area contributed by atoms with Crippen LogP contribution in [0.15, 0.2) is 47.1 Å². The molecule has 0 radical (unpaired) electrons. The second kappa shape index (κ2) is 7.05. The molecule has 1 aromatic heterocycles. The summed E-state index contributed by atoms with van der Waals surface area (Å²) in [6.45, 7) is 2.80. The topological polar surface area (TPSA) is 51.2 Å². The van der Waals surface area contributed by atoms with Gasteiger partial charge in [-0.3, -0.25) is 0 Å². The van der Waals surface area contributed by atoms with Crippen molar-refractivity contribution in [2.45, 2.75) is 13.5 Å². The molecular weight excluding hydrogens is 320 g/mol. The summed E-state index contributed by atoms with van der Waals surface area (Å²) in [7, 11) is 0. The molecular formula is C15H15BrN2O2. The molecule has 0 aliphatic carbocycles. The van der Waals surface area contributed by atoms with Gasteiger partial charge in [-0.1, -0.05) is 6.07 Å². The maximum Gasteiger partial charge on any atom is 0.338 e. The Morgan fingerprint density at radius 1 is 1.25 bits per heavy atom. The molecule has 5 heteroatoms. The normalized spacial score (nSPS) is 10.1. The number of pyridine rings is 1. The fraction of sp³-hybridized carbons (Fsp3) is 0.200. The highest BCUT2D eigenvalue weighted by molar-refractivity contribution is 9.10. The summed E-state index contributed by atoms with van der Waals surface area (Å²) in [5.74, 6) is -0.298. The molecule has 4 nitrogen and oxygen atoms in total. The summed E-state index contributed by atoms with van der Waals surface area (Å²) in [4.78, 5) is 15.9. The van der Waals surface area contributed by atoms with Crippen LogP contribution in [-0.2, 0) is 11.3 Å². The molecule has 1 aromatic carbocycles. The van der Waals surface area contributed by atoms with E-state index >= 15 is 0 Å². The van der Waals surface area contributed by atoms with Crippen molar-refractivity contribution >= 4 is 27.6 Å². The summed E-state index contributed by atoms with van der Waals surface area (Å²) in [5.41, 5.74) is 2.42. The fourth-order valence-corrected chi connectivity index (χ4v) is 2.06. The first-order valence-corrected chi connectivity index (χ1v) is 7.11. The number of benzene rings is 1. The SMILES string of the molecule is CCOC(=O)c1ccc(NCc2cccc(Br)n2)cc1. The lowest BCUT2D eigenvalue weighted by molar-refractivity contribution is 0.0526. The first-order chi connectivity index (χ1) is 9.69. The first kappa shape index (κ1) is 14.5. The molecule has 0 spiro atoms. The second-order valence-electron chi connectivity index (χ2n) is 4.10. The van der Waals surface area contributed by atoms with Crippen LogP contribution >= 0.6 is 15.9 Å². The Bertz CT molecular complexity index is 585. The third-order valence-electron chi connectivity index (χ3n) is 2.64. The van der Waals surface area contributed by atoms with Gasteiger partial charge in [0.2, 0.25) is 0 Å². The zero-order chi connectivity index (χ0) is 14.4. The van der Waals surface area contributed by atoms with E-state index in [0.29, 0.717) is 18.7 Å². The van der Waals surface area contributed by atoms with E-state index in [9.17, 15) is 4.79 Å². The van der Waals surface area contributed by atoms with Crippen molar-refractivity contribution in [3.63, 3.8) is 0 Å². The highest BCUT2D eigenvalue weighted by Crippen LogP contribution is 2.12. The molecule has 0 fully saturated rings. The van der Waals surface area contributed by atoms with Crippen molar-refractivity contribution < 1.29 is 9.53 Å². The average molecular weight is 335 g/mol. The average Bonchev–Trinajstić information content (AvgIpc) is 2.46. The van der Waals surface area contributed by atoms with E-state index in [1.807, 2.05) is 30.3 Å². The minimum Gasteiger partial charge on any atom is -0.462 e. The van der Waals surface area contributed by atoms with Crippen LogP contribution in [0, 0.1) is 0 Å². The van der Waals surface area contributed by atoms with E-state index < -0.39 is 0 Å². The standard InChI is InChI=1S/C15H15BrN2O2/c1-2-20-15(19)11-6-8-12(9-7-11)17-10-13-4-3-5-14(16)18-13/h3-9,17H,2,10H2,1H3. The van der Waals surface area contributed by atoms with E-state index in [-0.39, 0.29) is 5.97 Å². The van der Waals surface area contributed by atoms with Gasteiger partial charge in [0.15, 0.2) is 0 Å². The number of aromatic nitrogens is 1. The molecule has 2 rings (SSSR count). The van der Waals surface area contributed by atoms with Gasteiger partial charge in [-0.05, 0) is 59.3 Å². The van der Waals surface area contributed by atoms with Crippen molar-refractivity contribution in [1.29, 1.82) is 0 Å². The van der Waals surface area contributed by atoms with Crippen molar-refractivity contribution in [1.82, 2.24) is 4.98 Å². The minimum absolute atomic E-state index is 0.298. The number of esters is 1. The van der Waals surface area contributed by atoms with Crippen molar-refractivity contribution in [3.05, 3.63) is 58.3 Å². The number of rotatable bonds is 5. The van der Waals surface area contributed by atoms with E-state index in [0.717, 1.165) is 16.0 Å². The van der Waals surface area contributed by atoms with Gasteiger partial charge >= 0.3 is 5.97 Å². The quantitative estimate of drug-likeness (QED) is 0.670. The van der Waals surface area contributed by atoms with Gasteiger partial charge < -0.3 is 10.1 Å². The second-order valence-corrected chi connectivity index (χ2v) is 4.92. The monoisotopic (exact) mass is 334 g/mol. The van der Waals surface area contributed by atoms with E-state index in [1.54, 1.807) is 19.1 Å². The molecule has 0 unspecified atom stereocenters. The van der Waals surface area contributed by atoms with Crippen LogP contribution in [-0.4, -0.2) is 17.6 Å². The highest BCUT2D eigenvalue weighted by Gasteiger charge is 2.05. The number of carbonyl (C=O) groups excluding carboxylic acids is 1. The number of anilines is 1. The number of nitrogens with one attached hydrogen (secondary N) is 1. The van der Waals surface area contributed by atoms with Crippen LogP contribution in [0.4, 0.5) is 5.69 Å². The molecule has 2 aromatic rings. The molecule has 0 bridgehead atoms. The summed E-state index contributed by atoms with van der Waals surface area (Å²) in [6.07, 6.45) is 0. The predicted molar refractivity (Wildman–Crippen MR) is 81.7 cm³/mol. The largest absolute Gasteiger partial charge is 0.462 e. The lowest BCUT2D eigenvalue weighted by atomic mass is 10.2. The van der Waals surface area contributed by atoms with Crippen molar-refractivity contribution in [2.24, 2.45) is 0 Å². The molecule has 1 heterocycles. The van der Waals surface area contributed by atoms with Crippen LogP contribution in [0.25, 0.3) is 0 Å². The van der Waals surface area contributed by atoms with Gasteiger partial charge in [0.05, 0.1) is 24.4 Å². The Balaban J connectivity index is 1.95. The zero-order valence-electron chi connectivity index (χ0n) is 11.1. The maximum atomic E-state index is 11.5. The number of carbonyl (C=O) groups is 1. The van der Waals surface area contributed by atoms with Gasteiger partial charge in [0, 0.05) is 5.69 Å². The Morgan fingerprint density at radius 3 is 2.65 bits per heavy atom. The molecule has 1 N–H and O–H groups in total. The van der Waals surface area contributed by atoms with Gasteiger partial charge in [-0.2, -0.15) is 0 Å². The number of halogens is 1. The van der Waals surface area contributed by atoms with Crippen LogP contribution in [0.3, 0.4) is 0 Å². The number of ether oxygens (including phenoxy) is 1. The summed E-state index contributed by atoms with van der Waals surface area (Å²) in [5, 5.41) is 3.25. The number of hydrogen-bond acceptors (Lipinski definition) is 4. The Hall–Kier alpha value is -1.88. The lowest BCUT2D eigenvalue weighted by Crippen LogP contribution is -2.05. The van der Waals surface area contributed by atoms with E-state index in [4.69, 9.17) is 4.74 Å². The highest BCUT2D eigenvalue weighted by atomic mass is 79.9. The van der Waals surface area contributed by atoms with Crippen LogP contribution in [0.5, 0.6) is 0 Å². The number of hydrogen-bond donors (Lipinski definition) is 1. The fourth-order valence-electron chi connectivity index (χ4n) is 1.68. The lowest BCUT2D eigenvalue weighted by Gasteiger charge is -2.07. The third-order valence-corrected chi connectivity index (χ3v) is 3.08. The van der Waals surface area contributed by atoms with Crippen LogP contribution in [0.2, 0.25) is 0 Å². The Kier molecular flexibility index (Phi) is 5.12. The van der Waals surface area contributed by atoms with Gasteiger partial charge in [-0.15, -0.1) is 0 Å². The molecule has 0 aliphatic heterocycles. The zero-order valence-corrected chi connectivity index (χ0v) is 12.7. The summed E-state index contributed by atoms with van der Waals surface area (Å²) in [6, 6.07) is 13.0. The smallest absolute Gasteiger partial charge is 0.338 e. The van der Waals surface area contributed by atoms with Gasteiger partial charge in [0.25, 0.3) is 0 Å². The van der Waals surface area contributed by atoms with Gasteiger partial charge in [-0.25, -0.2) is 9.78 Å². The van der Waals surface area contributed by atoms with Crippen LogP contribution < -0.4 is 5.32 Å². The molecule has 0 saturated heterocycles. The van der Waals surface area contributed by atoms with Crippen LogP contribution in [0.1, 0.15) is 23.0 Å². The Morgan fingerprint density at radius 2 is 2.00 bits per heavy atom. The van der Waals surface area contributed by atoms with Crippen molar-refractivity contribution in [3.8, 4) is 0 Å². The van der Waals surface area contributed by atoms with E-state index in [1.165, 1.54) is 0 Å². The van der Waals surface area contributed by atoms with E-state index in [2.05, 4.69) is 26.2 Å². The molecule has 104 valence electrons. The molecule has 20 heavy (non-hydrogen) atoms. The summed E-state index contributed by atoms with van der Waals surface area (Å²) < 4.78 is 5.75. The van der Waals surface area contributed by atoms with Crippen molar-refractivity contribution in [2.75, 3.05) is 11.9 Å². The minimum atomic E-state index is -0.298. The maximum absolute atomic E-state index is 11.5. The number of nitrogens with zero attached hydrogens (tertiary/aromatic N) is 1. The predicted octanol–water partition coefficient (Wildman–Crippen LogP) is 3.63. The molecule has 0 atom stereocenters. The van der Waals surface area contributed by atoms with Gasteiger partial charge in [0.1, 0.15) is 4.60 Å². The summed E-state index contributed by atoms with van der Waals surface area (Å²) >= 11 is 3.34. The Labute approximate surface area is 126 Å².